The Bertz CT molecular complexity index is 691. The Labute approximate surface area is 134 Å². The Morgan fingerprint density at radius 3 is 2.64 bits per heavy atom. The zero-order chi connectivity index (χ0) is 16.1. The van der Waals surface area contributed by atoms with E-state index < -0.39 is 0 Å². The molecule has 2 aromatic rings. The molecule has 4 nitrogen and oxygen atoms in total. The maximum atomic E-state index is 11.9. The van der Waals surface area contributed by atoms with Crippen LogP contribution in [0.5, 0.6) is 5.75 Å². The first-order chi connectivity index (χ1) is 10.5. The lowest BCUT2D eigenvalue weighted by Gasteiger charge is -2.13. The topological polar surface area (TPSA) is 50.7 Å². The molecule has 0 aliphatic rings. The summed E-state index contributed by atoms with van der Waals surface area (Å²) < 4.78 is 5.65. The van der Waals surface area contributed by atoms with Gasteiger partial charge >= 0.3 is 0 Å². The predicted molar refractivity (Wildman–Crippen MR) is 90.8 cm³/mol. The van der Waals surface area contributed by atoms with Crippen molar-refractivity contribution in [2.45, 2.75) is 27.7 Å². The summed E-state index contributed by atoms with van der Waals surface area (Å²) in [6, 6.07) is 7.96. The van der Waals surface area contributed by atoms with Crippen molar-refractivity contribution in [1.82, 2.24) is 5.43 Å². The molecule has 0 aliphatic heterocycles. The number of rotatable bonds is 5. The van der Waals surface area contributed by atoms with E-state index in [-0.39, 0.29) is 12.5 Å². The van der Waals surface area contributed by atoms with Crippen molar-refractivity contribution >= 4 is 23.0 Å². The minimum Gasteiger partial charge on any atom is -0.483 e. The molecule has 0 fully saturated rings. The zero-order valence-electron chi connectivity index (χ0n) is 13.3. The van der Waals surface area contributed by atoms with Crippen LogP contribution in [-0.4, -0.2) is 18.2 Å². The Hall–Kier alpha value is -2.14. The molecule has 0 atom stereocenters. The third kappa shape index (κ3) is 3.95. The number of nitrogens with one attached hydrogen (secondary N) is 1. The zero-order valence-corrected chi connectivity index (χ0v) is 14.1. The Morgan fingerprint density at radius 2 is 1.95 bits per heavy atom. The molecule has 1 N–H and O–H groups in total. The fourth-order valence-corrected chi connectivity index (χ4v) is 2.68. The van der Waals surface area contributed by atoms with Gasteiger partial charge in [0.15, 0.2) is 6.61 Å². The Morgan fingerprint density at radius 1 is 1.23 bits per heavy atom. The van der Waals surface area contributed by atoms with Gasteiger partial charge in [-0.05, 0) is 55.8 Å². The first-order valence-corrected chi connectivity index (χ1v) is 7.93. The summed E-state index contributed by atoms with van der Waals surface area (Å²) in [7, 11) is 0. The molecular weight excluding hydrogens is 296 g/mol. The van der Waals surface area contributed by atoms with Crippen molar-refractivity contribution in [3.63, 3.8) is 0 Å². The summed E-state index contributed by atoms with van der Waals surface area (Å²) in [6.07, 6.45) is 0. The summed E-state index contributed by atoms with van der Waals surface area (Å²) in [5.74, 6) is 0.505. The number of hydrogen-bond acceptors (Lipinski definition) is 4. The van der Waals surface area contributed by atoms with E-state index in [2.05, 4.69) is 10.5 Å². The van der Waals surface area contributed by atoms with Gasteiger partial charge in [-0.25, -0.2) is 5.43 Å². The van der Waals surface area contributed by atoms with Crippen LogP contribution in [0.3, 0.4) is 0 Å². The molecule has 2 rings (SSSR count). The number of ether oxygens (including phenoxy) is 1. The lowest BCUT2D eigenvalue weighted by Crippen LogP contribution is -2.25. The number of carbonyl (C=O) groups is 1. The van der Waals surface area contributed by atoms with E-state index >= 15 is 0 Å². The molecule has 1 heterocycles. The van der Waals surface area contributed by atoms with Gasteiger partial charge in [0.25, 0.3) is 5.91 Å². The van der Waals surface area contributed by atoms with Crippen LogP contribution >= 0.6 is 11.3 Å². The molecule has 1 aromatic carbocycles. The number of carbonyl (C=O) groups excluding carboxylic acids is 1. The summed E-state index contributed by atoms with van der Waals surface area (Å²) in [4.78, 5) is 12.9. The highest BCUT2D eigenvalue weighted by atomic mass is 32.1. The second-order valence-electron chi connectivity index (χ2n) is 5.15. The smallest absolute Gasteiger partial charge is 0.277 e. The van der Waals surface area contributed by atoms with Gasteiger partial charge in [0, 0.05) is 4.88 Å². The van der Waals surface area contributed by atoms with Gasteiger partial charge in [0.1, 0.15) is 5.75 Å². The van der Waals surface area contributed by atoms with Gasteiger partial charge in [0.2, 0.25) is 0 Å². The van der Waals surface area contributed by atoms with E-state index in [1.165, 1.54) is 0 Å². The van der Waals surface area contributed by atoms with Crippen LogP contribution in [-0.2, 0) is 4.79 Å². The van der Waals surface area contributed by atoms with E-state index in [9.17, 15) is 4.79 Å². The van der Waals surface area contributed by atoms with Crippen LogP contribution < -0.4 is 10.2 Å². The molecule has 1 amide bonds. The minimum atomic E-state index is -0.267. The normalized spacial score (nSPS) is 11.4. The van der Waals surface area contributed by atoms with Gasteiger partial charge in [0.05, 0.1) is 5.71 Å². The monoisotopic (exact) mass is 316 g/mol. The average Bonchev–Trinajstić information content (AvgIpc) is 3.03. The summed E-state index contributed by atoms with van der Waals surface area (Å²) in [5, 5.41) is 6.06. The number of amides is 1. The van der Waals surface area contributed by atoms with Crippen molar-refractivity contribution in [1.29, 1.82) is 0 Å². The molecule has 0 bridgehead atoms. The Balaban J connectivity index is 1.94. The second kappa shape index (κ2) is 7.22. The minimum absolute atomic E-state index is 0.0493. The highest BCUT2D eigenvalue weighted by Gasteiger charge is 2.09. The highest BCUT2D eigenvalue weighted by Crippen LogP contribution is 2.25. The number of nitrogens with zero attached hydrogens (tertiary/aromatic N) is 1. The Kier molecular flexibility index (Phi) is 5.33. The van der Waals surface area contributed by atoms with E-state index in [1.54, 1.807) is 11.3 Å². The standard InChI is InChI=1S/C17H20N2O2S/c1-11-7-8-12(2)17(13(11)3)21-10-16(20)19-18-14(4)15-6-5-9-22-15/h5-9H,10H2,1-4H3,(H,19,20). The first-order valence-electron chi connectivity index (χ1n) is 7.05. The number of thiophene rings is 1. The predicted octanol–water partition coefficient (Wildman–Crippen LogP) is 3.59. The van der Waals surface area contributed by atoms with Crippen LogP contribution in [0.4, 0.5) is 0 Å². The van der Waals surface area contributed by atoms with E-state index in [0.717, 1.165) is 33.0 Å². The summed E-state index contributed by atoms with van der Waals surface area (Å²) >= 11 is 1.59. The van der Waals surface area contributed by atoms with Gasteiger partial charge in [-0.1, -0.05) is 18.2 Å². The molecule has 0 spiro atoms. The molecule has 22 heavy (non-hydrogen) atoms. The average molecular weight is 316 g/mol. The SMILES string of the molecule is CC(=NNC(=O)COc1c(C)ccc(C)c1C)c1cccs1. The molecule has 0 aliphatic carbocycles. The third-order valence-corrected chi connectivity index (χ3v) is 4.43. The number of benzene rings is 1. The molecule has 0 radical (unpaired) electrons. The first kappa shape index (κ1) is 16.2. The van der Waals surface area contributed by atoms with Crippen LogP contribution in [0.25, 0.3) is 0 Å². The molecule has 0 unspecified atom stereocenters. The van der Waals surface area contributed by atoms with Crippen molar-refractivity contribution in [3.8, 4) is 5.75 Å². The van der Waals surface area contributed by atoms with Gasteiger partial charge in [-0.2, -0.15) is 5.10 Å². The lowest BCUT2D eigenvalue weighted by molar-refractivity contribution is -0.123. The molecule has 0 saturated carbocycles. The fraction of sp³-hybridized carbons (Fsp3) is 0.294. The van der Waals surface area contributed by atoms with Crippen LogP contribution in [0, 0.1) is 20.8 Å². The molecule has 5 heteroatoms. The lowest BCUT2D eigenvalue weighted by atomic mass is 10.1. The van der Waals surface area contributed by atoms with Gasteiger partial charge in [-0.15, -0.1) is 11.3 Å². The molecule has 1 aromatic heterocycles. The van der Waals surface area contributed by atoms with E-state index in [4.69, 9.17) is 4.74 Å². The highest BCUT2D eigenvalue weighted by molar-refractivity contribution is 7.12. The van der Waals surface area contributed by atoms with E-state index in [0.29, 0.717) is 0 Å². The second-order valence-corrected chi connectivity index (χ2v) is 6.10. The van der Waals surface area contributed by atoms with Gasteiger partial charge in [-0.3, -0.25) is 4.79 Å². The number of hydrogen-bond donors (Lipinski definition) is 1. The maximum Gasteiger partial charge on any atom is 0.277 e. The van der Waals surface area contributed by atoms with Crippen molar-refractivity contribution < 1.29 is 9.53 Å². The third-order valence-electron chi connectivity index (χ3n) is 3.45. The van der Waals surface area contributed by atoms with Gasteiger partial charge < -0.3 is 4.74 Å². The molecule has 0 saturated heterocycles. The van der Waals surface area contributed by atoms with E-state index in [1.807, 2.05) is 57.3 Å². The van der Waals surface area contributed by atoms with Crippen molar-refractivity contribution in [3.05, 3.63) is 51.2 Å². The van der Waals surface area contributed by atoms with Crippen LogP contribution in [0.2, 0.25) is 0 Å². The molecular formula is C17H20N2O2S. The number of aryl methyl sites for hydroxylation is 2. The number of hydrazone groups is 1. The molecule has 116 valence electrons. The van der Waals surface area contributed by atoms with Crippen LogP contribution in [0.15, 0.2) is 34.7 Å². The summed E-state index contributed by atoms with van der Waals surface area (Å²) in [5.41, 5.74) is 6.54. The maximum absolute atomic E-state index is 11.9. The van der Waals surface area contributed by atoms with Crippen molar-refractivity contribution in [2.75, 3.05) is 6.61 Å². The largest absolute Gasteiger partial charge is 0.483 e. The quantitative estimate of drug-likeness (QED) is 0.677. The van der Waals surface area contributed by atoms with Crippen LogP contribution in [0.1, 0.15) is 28.5 Å². The fourth-order valence-electron chi connectivity index (χ4n) is 2.00. The van der Waals surface area contributed by atoms with Crippen molar-refractivity contribution in [2.24, 2.45) is 5.10 Å². The summed E-state index contributed by atoms with van der Waals surface area (Å²) in [6.45, 7) is 7.80.